The van der Waals surface area contributed by atoms with E-state index in [0.717, 1.165) is 46.1 Å². The molecule has 8 heteroatoms. The van der Waals surface area contributed by atoms with Crippen molar-refractivity contribution in [3.8, 4) is 11.4 Å². The largest absolute Gasteiger partial charge is 0.497 e. The fourth-order valence-corrected chi connectivity index (χ4v) is 6.03. The van der Waals surface area contributed by atoms with Crippen LogP contribution in [-0.4, -0.2) is 32.5 Å². The summed E-state index contributed by atoms with van der Waals surface area (Å²) in [6, 6.07) is 7.50. The van der Waals surface area contributed by atoms with Crippen LogP contribution >= 0.6 is 23.1 Å². The van der Waals surface area contributed by atoms with Gasteiger partial charge in [0.1, 0.15) is 10.6 Å². The Labute approximate surface area is 170 Å². The van der Waals surface area contributed by atoms with Crippen LogP contribution in [-0.2, 0) is 12.8 Å². The van der Waals surface area contributed by atoms with Gasteiger partial charge in [-0.3, -0.25) is 4.79 Å². The maximum Gasteiger partial charge on any atom is 0.268 e. The van der Waals surface area contributed by atoms with Gasteiger partial charge in [0, 0.05) is 4.88 Å². The second-order valence-corrected chi connectivity index (χ2v) is 9.05. The molecule has 6 nitrogen and oxygen atoms in total. The zero-order chi connectivity index (χ0) is 19.4. The number of fused-ring (bicyclic) bond motifs is 5. The van der Waals surface area contributed by atoms with Gasteiger partial charge in [-0.2, -0.15) is 0 Å². The Kier molecular flexibility index (Phi) is 4.21. The van der Waals surface area contributed by atoms with Crippen molar-refractivity contribution in [3.63, 3.8) is 0 Å². The van der Waals surface area contributed by atoms with E-state index in [1.807, 2.05) is 34.9 Å². The predicted octanol–water partition coefficient (Wildman–Crippen LogP) is 3.95. The predicted molar refractivity (Wildman–Crippen MR) is 113 cm³/mol. The van der Waals surface area contributed by atoms with Gasteiger partial charge < -0.3 is 4.74 Å². The van der Waals surface area contributed by atoms with Crippen molar-refractivity contribution in [3.05, 3.63) is 45.1 Å². The SMILES string of the molecule is COc1ccc(-n2c(=O)c3c4c(sc3n3c(SC)nnc23)C[C@H](C)CC4)cc1. The Balaban J connectivity index is 1.90. The molecule has 0 unspecified atom stereocenters. The minimum atomic E-state index is -0.0141. The van der Waals surface area contributed by atoms with Crippen molar-refractivity contribution in [2.45, 2.75) is 31.3 Å². The summed E-state index contributed by atoms with van der Waals surface area (Å²) in [6.45, 7) is 2.28. The average Bonchev–Trinajstić information content (AvgIpc) is 3.29. The number of benzene rings is 1. The van der Waals surface area contributed by atoms with Gasteiger partial charge in [0.25, 0.3) is 5.56 Å². The highest BCUT2D eigenvalue weighted by atomic mass is 32.2. The maximum atomic E-state index is 13.7. The van der Waals surface area contributed by atoms with Gasteiger partial charge in [-0.05, 0) is 61.3 Å². The summed E-state index contributed by atoms with van der Waals surface area (Å²) in [7, 11) is 1.63. The first-order chi connectivity index (χ1) is 13.6. The third-order valence-electron chi connectivity index (χ3n) is 5.44. The van der Waals surface area contributed by atoms with E-state index in [0.29, 0.717) is 11.7 Å². The number of nitrogens with zero attached hydrogens (tertiary/aromatic N) is 4. The lowest BCUT2D eigenvalue weighted by atomic mass is 9.89. The van der Waals surface area contributed by atoms with E-state index in [1.54, 1.807) is 34.8 Å². The molecule has 0 saturated carbocycles. The Bertz CT molecular complexity index is 1250. The van der Waals surface area contributed by atoms with Crippen molar-refractivity contribution in [2.24, 2.45) is 5.92 Å². The first-order valence-corrected chi connectivity index (χ1v) is 11.3. The first kappa shape index (κ1) is 17.8. The summed E-state index contributed by atoms with van der Waals surface area (Å²) < 4.78 is 8.99. The smallest absolute Gasteiger partial charge is 0.268 e. The van der Waals surface area contributed by atoms with Crippen LogP contribution in [0.5, 0.6) is 5.75 Å². The Morgan fingerprint density at radius 2 is 2.04 bits per heavy atom. The molecular formula is C20H20N4O2S2. The van der Waals surface area contributed by atoms with E-state index in [9.17, 15) is 4.79 Å². The van der Waals surface area contributed by atoms with Gasteiger partial charge in [-0.1, -0.05) is 18.7 Å². The van der Waals surface area contributed by atoms with Crippen molar-refractivity contribution >= 4 is 39.1 Å². The van der Waals surface area contributed by atoms with Crippen LogP contribution in [0.25, 0.3) is 21.7 Å². The van der Waals surface area contributed by atoms with Gasteiger partial charge in [0.15, 0.2) is 5.16 Å². The summed E-state index contributed by atoms with van der Waals surface area (Å²) in [4.78, 5) is 16.0. The zero-order valence-corrected chi connectivity index (χ0v) is 17.6. The van der Waals surface area contributed by atoms with E-state index in [-0.39, 0.29) is 5.56 Å². The van der Waals surface area contributed by atoms with Crippen LogP contribution in [0.3, 0.4) is 0 Å². The molecule has 0 fully saturated rings. The van der Waals surface area contributed by atoms with Crippen LogP contribution < -0.4 is 10.3 Å². The van der Waals surface area contributed by atoms with E-state index in [2.05, 4.69) is 17.1 Å². The fraction of sp³-hybridized carbons (Fsp3) is 0.350. The van der Waals surface area contributed by atoms with Crippen molar-refractivity contribution < 1.29 is 4.74 Å². The van der Waals surface area contributed by atoms with Crippen LogP contribution in [0.1, 0.15) is 23.8 Å². The summed E-state index contributed by atoms with van der Waals surface area (Å²) in [5, 5.41) is 10.3. The maximum absolute atomic E-state index is 13.7. The number of thioether (sulfide) groups is 1. The average molecular weight is 413 g/mol. The van der Waals surface area contributed by atoms with Gasteiger partial charge in [-0.25, -0.2) is 8.97 Å². The van der Waals surface area contributed by atoms with Gasteiger partial charge >= 0.3 is 0 Å². The highest BCUT2D eigenvalue weighted by Crippen LogP contribution is 2.38. The number of hydrogen-bond donors (Lipinski definition) is 0. The molecule has 0 radical (unpaired) electrons. The van der Waals surface area contributed by atoms with Gasteiger partial charge in [0.2, 0.25) is 5.78 Å². The molecule has 0 saturated heterocycles. The van der Waals surface area contributed by atoms with Gasteiger partial charge in [0.05, 0.1) is 18.2 Å². The molecule has 144 valence electrons. The van der Waals surface area contributed by atoms with Crippen LogP contribution in [0.15, 0.2) is 34.2 Å². The lowest BCUT2D eigenvalue weighted by molar-refractivity contribution is 0.414. The summed E-state index contributed by atoms with van der Waals surface area (Å²) in [5.41, 5.74) is 1.97. The molecule has 1 aliphatic carbocycles. The second-order valence-electron chi connectivity index (χ2n) is 7.19. The van der Waals surface area contributed by atoms with Crippen LogP contribution in [0.2, 0.25) is 0 Å². The molecule has 3 heterocycles. The number of aromatic nitrogens is 4. The van der Waals surface area contributed by atoms with Crippen molar-refractivity contribution in [1.82, 2.24) is 19.2 Å². The lowest BCUT2D eigenvalue weighted by Gasteiger charge is -2.17. The number of hydrogen-bond acceptors (Lipinski definition) is 6. The standard InChI is InChI=1S/C20H20N4O2S2/c1-11-4-9-14-15(10-11)28-18-16(14)17(25)23(12-5-7-13(26-2)8-6-12)19-21-22-20(27-3)24(18)19/h5-8,11H,4,9-10H2,1-3H3/t11-/m1/s1. The molecule has 4 aromatic rings. The normalized spacial score (nSPS) is 16.6. The fourth-order valence-electron chi connectivity index (χ4n) is 4.00. The monoisotopic (exact) mass is 412 g/mol. The van der Waals surface area contributed by atoms with Gasteiger partial charge in [-0.15, -0.1) is 21.5 Å². The van der Waals surface area contributed by atoms with Crippen LogP contribution in [0.4, 0.5) is 0 Å². The van der Waals surface area contributed by atoms with Crippen molar-refractivity contribution in [1.29, 1.82) is 0 Å². The summed E-state index contributed by atoms with van der Waals surface area (Å²) in [5.74, 6) is 1.96. The topological polar surface area (TPSA) is 61.4 Å². The summed E-state index contributed by atoms with van der Waals surface area (Å²) >= 11 is 3.27. The number of thiophene rings is 1. The minimum Gasteiger partial charge on any atom is -0.497 e. The first-order valence-electron chi connectivity index (χ1n) is 9.25. The van der Waals surface area contributed by atoms with E-state index >= 15 is 0 Å². The summed E-state index contributed by atoms with van der Waals surface area (Å²) in [6.07, 6.45) is 5.10. The molecule has 3 aromatic heterocycles. The van der Waals surface area contributed by atoms with Crippen LogP contribution in [0, 0.1) is 5.92 Å². The quantitative estimate of drug-likeness (QED) is 0.477. The molecule has 28 heavy (non-hydrogen) atoms. The second kappa shape index (κ2) is 6.63. The molecule has 5 rings (SSSR count). The highest BCUT2D eigenvalue weighted by molar-refractivity contribution is 7.98. The molecule has 0 aliphatic heterocycles. The zero-order valence-electron chi connectivity index (χ0n) is 15.9. The molecular weight excluding hydrogens is 392 g/mol. The minimum absolute atomic E-state index is 0.0141. The third-order valence-corrected chi connectivity index (χ3v) is 7.31. The highest BCUT2D eigenvalue weighted by Gasteiger charge is 2.27. The Morgan fingerprint density at radius 1 is 1.25 bits per heavy atom. The van der Waals surface area contributed by atoms with E-state index < -0.39 is 0 Å². The molecule has 0 amide bonds. The number of ether oxygens (including phenoxy) is 1. The molecule has 0 spiro atoms. The lowest BCUT2D eigenvalue weighted by Crippen LogP contribution is -2.22. The number of aryl methyl sites for hydroxylation is 1. The van der Waals surface area contributed by atoms with Crippen molar-refractivity contribution in [2.75, 3.05) is 13.4 Å². The Hall–Kier alpha value is -2.32. The third kappa shape index (κ3) is 2.51. The molecule has 1 aliphatic rings. The van der Waals surface area contributed by atoms with E-state index in [1.165, 1.54) is 10.4 Å². The number of methoxy groups -OCH3 is 1. The molecule has 0 bridgehead atoms. The Morgan fingerprint density at radius 3 is 2.75 bits per heavy atom. The molecule has 0 N–H and O–H groups in total. The molecule has 1 aromatic carbocycles. The van der Waals surface area contributed by atoms with E-state index in [4.69, 9.17) is 4.74 Å². The number of rotatable bonds is 3. The molecule has 1 atom stereocenters.